The molecule has 1 amide bonds. The topological polar surface area (TPSA) is 92.4 Å². The average Bonchev–Trinajstić information content (AvgIpc) is 2.46. The van der Waals surface area contributed by atoms with Crippen molar-refractivity contribution in [2.75, 3.05) is 12.3 Å². The molecule has 0 rings (SSSR count). The molecule has 0 spiro atoms. The lowest BCUT2D eigenvalue weighted by Gasteiger charge is -2.09. The van der Waals surface area contributed by atoms with Gasteiger partial charge in [0.1, 0.15) is 0 Å². The van der Waals surface area contributed by atoms with Crippen molar-refractivity contribution in [3.8, 4) is 0 Å². The van der Waals surface area contributed by atoms with Crippen LogP contribution in [0.4, 0.5) is 0 Å². The van der Waals surface area contributed by atoms with Gasteiger partial charge in [0.05, 0.1) is 6.04 Å². The number of aliphatic carboxylic acids is 1. The zero-order valence-corrected chi connectivity index (χ0v) is 13.7. The summed E-state index contributed by atoms with van der Waals surface area (Å²) in [7, 11) is 0. The molecule has 0 aliphatic carbocycles. The molecule has 0 heterocycles. The Hall–Kier alpha value is -0.750. The Kier molecular flexibility index (Phi) is 13.7. The van der Waals surface area contributed by atoms with E-state index in [0.717, 1.165) is 32.1 Å². The molecule has 5 nitrogen and oxygen atoms in total. The maximum absolute atomic E-state index is 11.4. The Bertz CT molecular complexity index is 288. The fraction of sp³-hybridized carbons (Fsp3) is 0.867. The highest BCUT2D eigenvalue weighted by Crippen LogP contribution is 2.10. The second-order valence-electron chi connectivity index (χ2n) is 5.41. The number of carboxylic acids is 1. The number of hydrogen-bond donors (Lipinski definition) is 4. The first-order valence-electron chi connectivity index (χ1n) is 7.94. The van der Waals surface area contributed by atoms with E-state index in [0.29, 0.717) is 18.7 Å². The van der Waals surface area contributed by atoms with Crippen LogP contribution >= 0.6 is 12.6 Å². The molecule has 124 valence electrons. The molecule has 1 atom stereocenters. The summed E-state index contributed by atoms with van der Waals surface area (Å²) in [6, 6.07) is -0.505. The zero-order chi connectivity index (χ0) is 15.9. The third-order valence-corrected chi connectivity index (χ3v) is 3.79. The summed E-state index contributed by atoms with van der Waals surface area (Å²) in [5.74, 6) is -0.443. The first kappa shape index (κ1) is 20.2. The largest absolute Gasteiger partial charge is 0.481 e. The predicted molar refractivity (Wildman–Crippen MR) is 88.6 cm³/mol. The molecular formula is C15H30N2O3S. The Balaban J connectivity index is 3.16. The van der Waals surface area contributed by atoms with Crippen LogP contribution in [0.5, 0.6) is 0 Å². The highest BCUT2D eigenvalue weighted by Gasteiger charge is 2.09. The van der Waals surface area contributed by atoms with Crippen LogP contribution in [0.15, 0.2) is 0 Å². The third kappa shape index (κ3) is 14.0. The molecule has 0 aliphatic rings. The Morgan fingerprint density at radius 2 is 1.43 bits per heavy atom. The van der Waals surface area contributed by atoms with Crippen molar-refractivity contribution in [1.82, 2.24) is 5.32 Å². The van der Waals surface area contributed by atoms with Crippen LogP contribution in [0.1, 0.15) is 64.2 Å². The van der Waals surface area contributed by atoms with Gasteiger partial charge >= 0.3 is 5.97 Å². The molecule has 0 aromatic rings. The highest BCUT2D eigenvalue weighted by molar-refractivity contribution is 7.80. The summed E-state index contributed by atoms with van der Waals surface area (Å²) in [5.41, 5.74) is 5.54. The average molecular weight is 318 g/mol. The minimum absolute atomic E-state index is 0.119. The van der Waals surface area contributed by atoms with Gasteiger partial charge in [-0.25, -0.2) is 0 Å². The van der Waals surface area contributed by atoms with E-state index in [1.54, 1.807) is 0 Å². The summed E-state index contributed by atoms with van der Waals surface area (Å²) in [5, 5.41) is 11.3. The Morgan fingerprint density at radius 3 is 1.90 bits per heavy atom. The van der Waals surface area contributed by atoms with E-state index in [2.05, 4.69) is 17.9 Å². The zero-order valence-electron chi connectivity index (χ0n) is 12.9. The molecule has 0 saturated carbocycles. The number of carbonyl (C=O) groups excluding carboxylic acids is 1. The minimum Gasteiger partial charge on any atom is -0.481 e. The number of hydrogen-bond acceptors (Lipinski definition) is 4. The van der Waals surface area contributed by atoms with Gasteiger partial charge in [0.2, 0.25) is 5.91 Å². The molecule has 0 saturated heterocycles. The number of unbranched alkanes of at least 4 members (excludes halogenated alkanes) is 8. The van der Waals surface area contributed by atoms with Gasteiger partial charge in [-0.15, -0.1) is 0 Å². The van der Waals surface area contributed by atoms with Gasteiger partial charge in [-0.05, 0) is 12.8 Å². The molecule has 0 fully saturated rings. The molecule has 0 aliphatic heterocycles. The number of carbonyl (C=O) groups is 2. The van der Waals surface area contributed by atoms with Gasteiger partial charge in [0, 0.05) is 18.7 Å². The molecule has 0 aromatic carbocycles. The lowest BCUT2D eigenvalue weighted by molar-refractivity contribution is -0.137. The number of rotatable bonds is 14. The van der Waals surface area contributed by atoms with Gasteiger partial charge in [-0.1, -0.05) is 44.9 Å². The van der Waals surface area contributed by atoms with Crippen molar-refractivity contribution in [3.05, 3.63) is 0 Å². The minimum atomic E-state index is -0.697. The van der Waals surface area contributed by atoms with Crippen LogP contribution in [0, 0.1) is 0 Å². The van der Waals surface area contributed by atoms with Crippen LogP contribution < -0.4 is 11.1 Å². The van der Waals surface area contributed by atoms with Crippen LogP contribution in [-0.4, -0.2) is 35.3 Å². The quantitative estimate of drug-likeness (QED) is 0.292. The standard InChI is InChI=1S/C15H30N2O3S/c16-13(12-21)15(20)17-11-9-7-5-3-1-2-4-6-8-10-14(18)19/h13,21H,1-12,16H2,(H,17,20)(H,18,19). The maximum Gasteiger partial charge on any atom is 0.303 e. The molecule has 1 unspecified atom stereocenters. The summed E-state index contributed by atoms with van der Waals surface area (Å²) in [4.78, 5) is 21.7. The van der Waals surface area contributed by atoms with Gasteiger partial charge in [0.25, 0.3) is 0 Å². The van der Waals surface area contributed by atoms with Crippen molar-refractivity contribution in [2.45, 2.75) is 70.3 Å². The fourth-order valence-corrected chi connectivity index (χ4v) is 2.23. The fourth-order valence-electron chi connectivity index (χ4n) is 2.06. The summed E-state index contributed by atoms with van der Waals surface area (Å²) in [6.07, 6.45) is 10.1. The second kappa shape index (κ2) is 14.2. The number of amides is 1. The monoisotopic (exact) mass is 318 g/mol. The predicted octanol–water partition coefficient (Wildman–Crippen LogP) is 2.35. The molecule has 4 N–H and O–H groups in total. The second-order valence-corrected chi connectivity index (χ2v) is 5.77. The van der Waals surface area contributed by atoms with E-state index < -0.39 is 12.0 Å². The SMILES string of the molecule is NC(CS)C(=O)NCCCCCCCCCCCC(=O)O. The Labute approximate surface area is 133 Å². The molecule has 0 radical (unpaired) electrons. The van der Waals surface area contributed by atoms with Crippen molar-refractivity contribution in [3.63, 3.8) is 0 Å². The van der Waals surface area contributed by atoms with E-state index >= 15 is 0 Å². The summed E-state index contributed by atoms with van der Waals surface area (Å²) < 4.78 is 0. The number of nitrogens with two attached hydrogens (primary N) is 1. The molecule has 0 aromatic heterocycles. The van der Waals surface area contributed by atoms with Crippen molar-refractivity contribution >= 4 is 24.5 Å². The maximum atomic E-state index is 11.4. The van der Waals surface area contributed by atoms with E-state index in [1.807, 2.05) is 0 Å². The van der Waals surface area contributed by atoms with Crippen LogP contribution in [0.25, 0.3) is 0 Å². The van der Waals surface area contributed by atoms with Crippen LogP contribution in [0.2, 0.25) is 0 Å². The van der Waals surface area contributed by atoms with E-state index in [9.17, 15) is 9.59 Å². The van der Waals surface area contributed by atoms with Gasteiger partial charge in [0.15, 0.2) is 0 Å². The van der Waals surface area contributed by atoms with Crippen LogP contribution in [-0.2, 0) is 9.59 Å². The lowest BCUT2D eigenvalue weighted by atomic mass is 10.1. The summed E-state index contributed by atoms with van der Waals surface area (Å²) in [6.45, 7) is 0.690. The third-order valence-electron chi connectivity index (χ3n) is 3.40. The first-order chi connectivity index (χ1) is 10.1. The lowest BCUT2D eigenvalue weighted by Crippen LogP contribution is -2.42. The molecule has 0 bridgehead atoms. The van der Waals surface area contributed by atoms with Crippen LogP contribution in [0.3, 0.4) is 0 Å². The Morgan fingerprint density at radius 1 is 0.952 bits per heavy atom. The first-order valence-corrected chi connectivity index (χ1v) is 8.57. The number of nitrogens with one attached hydrogen (secondary N) is 1. The normalized spacial score (nSPS) is 12.1. The summed E-state index contributed by atoms with van der Waals surface area (Å²) >= 11 is 3.98. The molecular weight excluding hydrogens is 288 g/mol. The van der Waals surface area contributed by atoms with Crippen molar-refractivity contribution in [2.24, 2.45) is 5.73 Å². The van der Waals surface area contributed by atoms with Crippen molar-refractivity contribution in [1.29, 1.82) is 0 Å². The molecule has 6 heteroatoms. The van der Waals surface area contributed by atoms with E-state index in [4.69, 9.17) is 10.8 Å². The number of thiol groups is 1. The number of carboxylic acid groups (broad SMARTS) is 1. The van der Waals surface area contributed by atoms with Gasteiger partial charge in [-0.3, -0.25) is 9.59 Å². The molecule has 21 heavy (non-hydrogen) atoms. The highest BCUT2D eigenvalue weighted by atomic mass is 32.1. The van der Waals surface area contributed by atoms with Gasteiger partial charge in [-0.2, -0.15) is 12.6 Å². The smallest absolute Gasteiger partial charge is 0.303 e. The van der Waals surface area contributed by atoms with E-state index in [-0.39, 0.29) is 5.91 Å². The van der Waals surface area contributed by atoms with Gasteiger partial charge < -0.3 is 16.2 Å². The van der Waals surface area contributed by atoms with E-state index in [1.165, 1.54) is 25.7 Å². The van der Waals surface area contributed by atoms with Crippen molar-refractivity contribution < 1.29 is 14.7 Å².